The van der Waals surface area contributed by atoms with Gasteiger partial charge in [-0.2, -0.15) is 0 Å². The SMILES string of the molecule is CCNC(=NCc1ccc(COCC)cc1)NC1CCN(C(=O)OCC)CC1.I. The van der Waals surface area contributed by atoms with Crippen LogP contribution in [-0.4, -0.2) is 55.8 Å². The van der Waals surface area contributed by atoms with Crippen LogP contribution < -0.4 is 10.6 Å². The Kier molecular flexibility index (Phi) is 12.7. The predicted octanol–water partition coefficient (Wildman–Crippen LogP) is 3.52. The Labute approximate surface area is 191 Å². The first kappa shape index (κ1) is 25.5. The largest absolute Gasteiger partial charge is 0.450 e. The van der Waals surface area contributed by atoms with Crippen molar-refractivity contribution in [3.63, 3.8) is 0 Å². The monoisotopic (exact) mass is 518 g/mol. The van der Waals surface area contributed by atoms with Gasteiger partial charge in [0.2, 0.25) is 0 Å². The second-order valence-corrected chi connectivity index (χ2v) is 6.75. The minimum Gasteiger partial charge on any atom is -0.450 e. The number of amides is 1. The summed E-state index contributed by atoms with van der Waals surface area (Å²) in [6.07, 6.45) is 1.55. The van der Waals surface area contributed by atoms with Crippen LogP contribution in [0.3, 0.4) is 0 Å². The Bertz CT molecular complexity index is 617. The highest BCUT2D eigenvalue weighted by atomic mass is 127. The van der Waals surface area contributed by atoms with Crippen LogP contribution in [0.2, 0.25) is 0 Å². The summed E-state index contributed by atoms with van der Waals surface area (Å²) in [6, 6.07) is 8.67. The summed E-state index contributed by atoms with van der Waals surface area (Å²) in [5, 5.41) is 6.81. The van der Waals surface area contributed by atoms with Crippen molar-refractivity contribution >= 4 is 36.0 Å². The maximum atomic E-state index is 11.8. The highest BCUT2D eigenvalue weighted by Gasteiger charge is 2.23. The molecule has 1 amide bonds. The number of rotatable bonds is 8. The number of benzene rings is 1. The Morgan fingerprint density at radius 2 is 1.76 bits per heavy atom. The summed E-state index contributed by atoms with van der Waals surface area (Å²) >= 11 is 0. The average Bonchev–Trinajstić information content (AvgIpc) is 2.72. The Balaban J connectivity index is 0.00000420. The Morgan fingerprint density at radius 3 is 2.34 bits per heavy atom. The first-order valence-corrected chi connectivity index (χ1v) is 10.3. The molecular weight excluding hydrogens is 483 g/mol. The molecule has 7 nitrogen and oxygen atoms in total. The Morgan fingerprint density at radius 1 is 1.10 bits per heavy atom. The molecule has 2 N–H and O–H groups in total. The molecule has 164 valence electrons. The van der Waals surface area contributed by atoms with E-state index in [1.807, 2.05) is 13.8 Å². The third-order valence-electron chi connectivity index (χ3n) is 4.62. The van der Waals surface area contributed by atoms with Crippen molar-refractivity contribution in [2.75, 3.05) is 32.8 Å². The molecule has 2 rings (SSSR count). The molecule has 0 bridgehead atoms. The number of aliphatic imine (C=N–C) groups is 1. The average molecular weight is 518 g/mol. The quantitative estimate of drug-likeness (QED) is 0.313. The molecule has 0 spiro atoms. The lowest BCUT2D eigenvalue weighted by molar-refractivity contribution is 0.0963. The zero-order valence-corrected chi connectivity index (χ0v) is 20.1. The van der Waals surface area contributed by atoms with Crippen LogP contribution >= 0.6 is 24.0 Å². The summed E-state index contributed by atoms with van der Waals surface area (Å²) in [6.45, 7) is 10.5. The van der Waals surface area contributed by atoms with Crippen molar-refractivity contribution in [3.8, 4) is 0 Å². The fourth-order valence-electron chi connectivity index (χ4n) is 3.07. The number of guanidine groups is 1. The second kappa shape index (κ2) is 14.4. The lowest BCUT2D eigenvalue weighted by Crippen LogP contribution is -2.49. The number of hydrogen-bond acceptors (Lipinski definition) is 4. The molecule has 1 aliphatic heterocycles. The number of halogens is 1. The standard InChI is InChI=1S/C21H34N4O3.HI/c1-4-22-20(23-15-17-7-9-18(10-8-17)16-27-5-2)24-19-11-13-25(14-12-19)21(26)28-6-3;/h7-10,19H,4-6,11-16H2,1-3H3,(H2,22,23,24);1H. The maximum absolute atomic E-state index is 11.8. The first-order valence-electron chi connectivity index (χ1n) is 10.3. The number of carbonyl (C=O) groups is 1. The van der Waals surface area contributed by atoms with E-state index in [0.29, 0.717) is 38.9 Å². The third-order valence-corrected chi connectivity index (χ3v) is 4.62. The number of ether oxygens (including phenoxy) is 2. The summed E-state index contributed by atoms with van der Waals surface area (Å²) in [7, 11) is 0. The fraction of sp³-hybridized carbons (Fsp3) is 0.619. The van der Waals surface area contributed by atoms with Gasteiger partial charge in [0.15, 0.2) is 5.96 Å². The van der Waals surface area contributed by atoms with Crippen molar-refractivity contribution in [1.82, 2.24) is 15.5 Å². The molecule has 0 atom stereocenters. The molecule has 29 heavy (non-hydrogen) atoms. The minimum absolute atomic E-state index is 0. The van der Waals surface area contributed by atoms with E-state index in [2.05, 4.69) is 41.8 Å². The summed E-state index contributed by atoms with van der Waals surface area (Å²) < 4.78 is 10.5. The van der Waals surface area contributed by atoms with Crippen LogP contribution in [0.15, 0.2) is 29.3 Å². The van der Waals surface area contributed by atoms with Crippen LogP contribution in [0, 0.1) is 0 Å². The molecular formula is C21H35IN4O3. The second-order valence-electron chi connectivity index (χ2n) is 6.75. The lowest BCUT2D eigenvalue weighted by Gasteiger charge is -2.32. The molecule has 1 heterocycles. The lowest BCUT2D eigenvalue weighted by atomic mass is 10.1. The van der Waals surface area contributed by atoms with Crippen molar-refractivity contribution in [2.24, 2.45) is 4.99 Å². The van der Waals surface area contributed by atoms with Gasteiger partial charge in [-0.05, 0) is 44.7 Å². The van der Waals surface area contributed by atoms with Crippen molar-refractivity contribution in [1.29, 1.82) is 0 Å². The van der Waals surface area contributed by atoms with Gasteiger partial charge in [0.05, 0.1) is 19.8 Å². The molecule has 0 unspecified atom stereocenters. The van der Waals surface area contributed by atoms with Gasteiger partial charge in [-0.1, -0.05) is 24.3 Å². The van der Waals surface area contributed by atoms with E-state index in [4.69, 9.17) is 14.5 Å². The zero-order chi connectivity index (χ0) is 20.2. The highest BCUT2D eigenvalue weighted by Crippen LogP contribution is 2.12. The van der Waals surface area contributed by atoms with Gasteiger partial charge in [0.1, 0.15) is 0 Å². The molecule has 0 aliphatic carbocycles. The van der Waals surface area contributed by atoms with Gasteiger partial charge in [0.25, 0.3) is 0 Å². The summed E-state index contributed by atoms with van der Waals surface area (Å²) in [5.74, 6) is 0.815. The normalized spacial score (nSPS) is 14.9. The third kappa shape index (κ3) is 9.20. The van der Waals surface area contributed by atoms with Crippen molar-refractivity contribution in [3.05, 3.63) is 35.4 Å². The number of piperidine rings is 1. The molecule has 0 saturated carbocycles. The smallest absolute Gasteiger partial charge is 0.409 e. The number of likely N-dealkylation sites (tertiary alicyclic amines) is 1. The number of nitrogens with zero attached hydrogens (tertiary/aromatic N) is 2. The van der Waals surface area contributed by atoms with E-state index < -0.39 is 0 Å². The molecule has 1 fully saturated rings. The van der Waals surface area contributed by atoms with Gasteiger partial charge in [-0.15, -0.1) is 24.0 Å². The molecule has 8 heteroatoms. The van der Waals surface area contributed by atoms with Crippen molar-refractivity contribution < 1.29 is 14.3 Å². The van der Waals surface area contributed by atoms with Crippen LogP contribution in [0.25, 0.3) is 0 Å². The fourth-order valence-corrected chi connectivity index (χ4v) is 3.07. The van der Waals surface area contributed by atoms with E-state index in [1.54, 1.807) is 4.90 Å². The van der Waals surface area contributed by atoms with E-state index in [1.165, 1.54) is 5.56 Å². The molecule has 1 aromatic rings. The minimum atomic E-state index is -0.214. The van der Waals surface area contributed by atoms with Crippen LogP contribution in [0.1, 0.15) is 44.7 Å². The van der Waals surface area contributed by atoms with Crippen LogP contribution in [0.4, 0.5) is 4.79 Å². The van der Waals surface area contributed by atoms with Gasteiger partial charge in [-0.25, -0.2) is 9.79 Å². The molecule has 1 aromatic carbocycles. The predicted molar refractivity (Wildman–Crippen MR) is 127 cm³/mol. The maximum Gasteiger partial charge on any atom is 0.409 e. The number of hydrogen-bond donors (Lipinski definition) is 2. The molecule has 1 aliphatic rings. The van der Waals surface area contributed by atoms with E-state index >= 15 is 0 Å². The van der Waals surface area contributed by atoms with Gasteiger partial charge in [0, 0.05) is 32.3 Å². The van der Waals surface area contributed by atoms with Crippen LogP contribution in [0.5, 0.6) is 0 Å². The summed E-state index contributed by atoms with van der Waals surface area (Å²) in [4.78, 5) is 18.3. The molecule has 0 aromatic heterocycles. The van der Waals surface area contributed by atoms with Gasteiger partial charge in [-0.3, -0.25) is 0 Å². The molecule has 0 radical (unpaired) electrons. The highest BCUT2D eigenvalue weighted by molar-refractivity contribution is 14.0. The van der Waals surface area contributed by atoms with Crippen molar-refractivity contribution in [2.45, 2.75) is 52.8 Å². The van der Waals surface area contributed by atoms with Gasteiger partial charge >= 0.3 is 6.09 Å². The summed E-state index contributed by atoms with van der Waals surface area (Å²) in [5.41, 5.74) is 2.34. The van der Waals surface area contributed by atoms with E-state index in [9.17, 15) is 4.79 Å². The van der Waals surface area contributed by atoms with Crippen LogP contribution in [-0.2, 0) is 22.6 Å². The van der Waals surface area contributed by atoms with Gasteiger partial charge < -0.3 is 25.0 Å². The molecule has 1 saturated heterocycles. The van der Waals surface area contributed by atoms with E-state index in [0.717, 1.165) is 37.5 Å². The Hall–Kier alpha value is -1.55. The van der Waals surface area contributed by atoms with E-state index in [-0.39, 0.29) is 30.1 Å². The number of nitrogens with one attached hydrogen (secondary N) is 2. The first-order chi connectivity index (χ1) is 13.7. The topological polar surface area (TPSA) is 75.2 Å². The zero-order valence-electron chi connectivity index (χ0n) is 17.8. The number of carbonyl (C=O) groups excluding carboxylic acids is 1.